The van der Waals surface area contributed by atoms with Crippen molar-refractivity contribution >= 4 is 11.4 Å². The molecule has 0 N–H and O–H groups in total. The first-order valence-corrected chi connectivity index (χ1v) is 38.7. The number of benzene rings is 2. The molecule has 0 amide bonds. The quantitative estimate of drug-likeness (QED) is 0.0358. The van der Waals surface area contributed by atoms with E-state index in [9.17, 15) is 5.53 Å². The first-order chi connectivity index (χ1) is 41.0. The van der Waals surface area contributed by atoms with Gasteiger partial charge in [0.1, 0.15) is 0 Å². The summed E-state index contributed by atoms with van der Waals surface area (Å²) in [7, 11) is 0. The fraction of sp³-hybridized carbons (Fsp3) is 0.750. The summed E-state index contributed by atoms with van der Waals surface area (Å²) >= 11 is 0.693. The van der Waals surface area contributed by atoms with Crippen molar-refractivity contribution in [3.8, 4) is 0 Å². The molecule has 0 saturated heterocycles. The van der Waals surface area contributed by atoms with E-state index in [1.54, 1.807) is 0 Å². The second kappa shape index (κ2) is 60.0. The Kier molecular flexibility index (Phi) is 55.5. The van der Waals surface area contributed by atoms with Crippen molar-refractivity contribution in [2.45, 2.75) is 388 Å². The smallest absolute Gasteiger partial charge is 0.0654 e. The molecule has 0 unspecified atom stereocenters. The predicted octanol–water partition coefficient (Wildman–Crippen LogP) is 28.7. The van der Waals surface area contributed by atoms with Crippen molar-refractivity contribution in [3.63, 3.8) is 0 Å². The van der Waals surface area contributed by atoms with Gasteiger partial charge in [0.2, 0.25) is 11.4 Å². The first kappa shape index (κ1) is 76.8. The van der Waals surface area contributed by atoms with Crippen molar-refractivity contribution in [2.24, 2.45) is 0 Å². The van der Waals surface area contributed by atoms with E-state index in [-0.39, 0.29) is 0 Å². The maximum atomic E-state index is 10.9. The summed E-state index contributed by atoms with van der Waals surface area (Å²) in [5.41, 5.74) is 18.4. The fourth-order valence-corrected chi connectivity index (χ4v) is 13.4. The third kappa shape index (κ3) is 46.5. The predicted molar refractivity (Wildman–Crippen MR) is 370 cm³/mol. The molecular weight excluding hydrogens is 1100 g/mol. The Morgan fingerprint density at radius 2 is 0.602 bits per heavy atom. The molecule has 2 aromatic carbocycles. The van der Waals surface area contributed by atoms with Crippen molar-refractivity contribution in [1.82, 2.24) is 0 Å². The van der Waals surface area contributed by atoms with Crippen LogP contribution in [-0.4, -0.2) is 4.70 Å². The van der Waals surface area contributed by atoms with Gasteiger partial charge in [-0.2, -0.15) is 0 Å². The molecule has 3 rings (SSSR count). The van der Waals surface area contributed by atoms with E-state index in [2.05, 4.69) is 98.3 Å². The van der Waals surface area contributed by atoms with E-state index in [4.69, 9.17) is 0 Å². The topological polar surface area (TPSA) is 25.3 Å². The zero-order valence-electron chi connectivity index (χ0n) is 56.1. The van der Waals surface area contributed by atoms with E-state index in [0.29, 0.717) is 18.0 Å². The van der Waals surface area contributed by atoms with Gasteiger partial charge < -0.3 is 5.53 Å². The van der Waals surface area contributed by atoms with Crippen LogP contribution in [0.3, 0.4) is 0 Å². The summed E-state index contributed by atoms with van der Waals surface area (Å²) < 4.78 is 6.27. The summed E-state index contributed by atoms with van der Waals surface area (Å²) in [5.74, 6) is 0. The van der Waals surface area contributed by atoms with E-state index in [1.165, 1.54) is 355 Å². The molecule has 2 aromatic rings. The van der Waals surface area contributed by atoms with Crippen LogP contribution in [0.1, 0.15) is 396 Å². The van der Waals surface area contributed by atoms with Gasteiger partial charge in [0.15, 0.2) is 0 Å². The molecule has 0 aromatic heterocycles. The van der Waals surface area contributed by atoms with Crippen LogP contribution in [0.2, 0.25) is 0 Å². The average molecular weight is 1230 g/mol. The van der Waals surface area contributed by atoms with Gasteiger partial charge in [0, 0.05) is 22.8 Å². The Balaban J connectivity index is 0.000000800. The van der Waals surface area contributed by atoms with Crippen LogP contribution in [-0.2, 0) is 18.0 Å². The zero-order valence-corrected chi connectivity index (χ0v) is 57.7. The molecule has 0 radical (unpaired) electrons. The number of nitrogens with zero attached hydrogens (tertiary/aromatic N) is 2. The summed E-state index contributed by atoms with van der Waals surface area (Å²) in [4.78, 5) is 0. The van der Waals surface area contributed by atoms with Gasteiger partial charge in [-0.3, -0.25) is 0 Å². The second-order valence-corrected chi connectivity index (χ2v) is 27.4. The number of hydrogen-bond donors (Lipinski definition) is 0. The third-order valence-corrected chi connectivity index (χ3v) is 19.0. The molecule has 2 nitrogen and oxygen atoms in total. The normalized spacial score (nSPS) is 12.7. The molecular formula is C80H138N2Pd. The summed E-state index contributed by atoms with van der Waals surface area (Å²) in [6, 6.07) is 16.6. The number of unbranched alkanes of at least 4 members (excludes halogenated alkanes) is 51. The van der Waals surface area contributed by atoms with Crippen molar-refractivity contribution in [2.75, 3.05) is 0 Å². The fourth-order valence-electron chi connectivity index (χ4n) is 12.2. The number of hydrogen-bond acceptors (Lipinski definition) is 0. The van der Waals surface area contributed by atoms with Gasteiger partial charge in [-0.1, -0.05) is 268 Å². The SMILES string of the molecule is CCCCC1=C(c2cccc(C)c2)[N+](=[N-])C(c2cccc(C)c2)=C1.CCCCCCCCCCCCCCCCCCCCCCCCCCCC=[CH][Pd][CH]=CCCCCCCCCCCCCCCCCCCCCCCCCCCC. The first-order valence-electron chi connectivity index (χ1n) is 36.9. The number of aryl methyl sites for hydroxylation is 2. The molecule has 478 valence electrons. The van der Waals surface area contributed by atoms with Gasteiger partial charge in [-0.05, 0) is 51.0 Å². The molecule has 0 saturated carbocycles. The Morgan fingerprint density at radius 3 is 0.892 bits per heavy atom. The minimum atomic E-state index is 0.693. The number of rotatable bonds is 59. The molecule has 1 heterocycles. The average Bonchev–Trinajstić information content (AvgIpc) is 4.03. The minimum absolute atomic E-state index is 0.693. The van der Waals surface area contributed by atoms with Crippen molar-refractivity contribution in [3.05, 3.63) is 109 Å². The molecule has 0 spiro atoms. The van der Waals surface area contributed by atoms with Crippen LogP contribution in [0.5, 0.6) is 0 Å². The summed E-state index contributed by atoms with van der Waals surface area (Å²) in [5, 5.41) is 0. The molecule has 1 aliphatic rings. The summed E-state index contributed by atoms with van der Waals surface area (Å²) in [6.45, 7) is 11.0. The monoisotopic (exact) mass is 1230 g/mol. The molecule has 1 aliphatic heterocycles. The zero-order chi connectivity index (χ0) is 59.4. The van der Waals surface area contributed by atoms with Crippen LogP contribution >= 0.6 is 0 Å². The minimum Gasteiger partial charge on any atom is -0.0654 e. The Hall–Kier alpha value is -2.34. The molecule has 0 fully saturated rings. The van der Waals surface area contributed by atoms with E-state index >= 15 is 0 Å². The van der Waals surface area contributed by atoms with Gasteiger partial charge in [0.25, 0.3) is 0 Å². The Morgan fingerprint density at radius 1 is 0.337 bits per heavy atom. The van der Waals surface area contributed by atoms with Gasteiger partial charge in [-0.25, -0.2) is 4.70 Å². The van der Waals surface area contributed by atoms with Crippen LogP contribution in [0.4, 0.5) is 0 Å². The molecule has 0 bridgehead atoms. The summed E-state index contributed by atoms with van der Waals surface area (Å²) in [6.07, 6.45) is 86.5. The second-order valence-electron chi connectivity index (χ2n) is 25.9. The molecule has 0 atom stereocenters. The Labute approximate surface area is 527 Å². The van der Waals surface area contributed by atoms with E-state index in [0.717, 1.165) is 41.8 Å². The van der Waals surface area contributed by atoms with Gasteiger partial charge in [0.05, 0.1) is 0 Å². The molecule has 0 aliphatic carbocycles. The molecule has 3 heteroatoms. The maximum absolute atomic E-state index is 10.9. The van der Waals surface area contributed by atoms with Crippen LogP contribution < -0.4 is 0 Å². The standard InChI is InChI=1S/2C29H57.C22H24N2.Pd/c2*1-3-5-7-9-11-13-15-17-19-21-23-25-27-29-28-26-24-22-20-18-16-14-12-10-8-6-4-2;1-4-5-10-20-15-21(18-11-6-8-16(2)13-18)24(23)22(20)19-12-7-9-17(3)14-19;/h2*1,3H,4-29H2,2H3;6-9,11-15H,4-5,10H2,1-3H3;. The van der Waals surface area contributed by atoms with Gasteiger partial charge >= 0.3 is 168 Å². The van der Waals surface area contributed by atoms with E-state index < -0.39 is 0 Å². The van der Waals surface area contributed by atoms with Crippen LogP contribution in [0.15, 0.2) is 81.4 Å². The number of allylic oxidation sites excluding steroid dienone is 4. The van der Waals surface area contributed by atoms with Gasteiger partial charge in [-0.15, -0.1) is 0 Å². The van der Waals surface area contributed by atoms with Crippen LogP contribution in [0, 0.1) is 13.8 Å². The molecule has 83 heavy (non-hydrogen) atoms. The Bertz CT molecular complexity index is 1800. The van der Waals surface area contributed by atoms with E-state index in [1.807, 2.05) is 12.1 Å². The van der Waals surface area contributed by atoms with Crippen molar-refractivity contribution < 1.29 is 22.7 Å². The third-order valence-electron chi connectivity index (χ3n) is 17.7. The van der Waals surface area contributed by atoms with Crippen LogP contribution in [0.25, 0.3) is 16.9 Å². The van der Waals surface area contributed by atoms with Crippen molar-refractivity contribution in [1.29, 1.82) is 0 Å².